The van der Waals surface area contributed by atoms with Gasteiger partial charge in [-0.25, -0.2) is 0 Å². The van der Waals surface area contributed by atoms with Gasteiger partial charge in [-0.15, -0.1) is 0 Å². The molecule has 8 rings (SSSR count). The number of fused-ring (bicyclic) bond motifs is 3. The minimum absolute atomic E-state index is 0.505. The molecular formula is C61H55N. The van der Waals surface area contributed by atoms with Gasteiger partial charge in [-0.1, -0.05) is 220 Å². The van der Waals surface area contributed by atoms with Crippen molar-refractivity contribution in [2.75, 3.05) is 0 Å². The van der Waals surface area contributed by atoms with Crippen molar-refractivity contribution in [2.45, 2.75) is 45.4 Å². The number of nitrogens with zero attached hydrogens (tertiary/aromatic N) is 1. The summed E-state index contributed by atoms with van der Waals surface area (Å²) in [7, 11) is 0. The van der Waals surface area contributed by atoms with E-state index in [1.54, 1.807) is 0 Å². The quantitative estimate of drug-likeness (QED) is 0.0553. The zero-order valence-corrected chi connectivity index (χ0v) is 36.2. The number of para-hydroxylation sites is 1. The lowest BCUT2D eigenvalue weighted by atomic mass is 9.64. The molecule has 0 spiro atoms. The van der Waals surface area contributed by atoms with Crippen molar-refractivity contribution in [3.8, 4) is 16.8 Å². The molecule has 0 unspecified atom stereocenters. The van der Waals surface area contributed by atoms with Gasteiger partial charge in [0.25, 0.3) is 0 Å². The average Bonchev–Trinajstić information content (AvgIpc) is 3.66. The van der Waals surface area contributed by atoms with Crippen LogP contribution in [-0.2, 0) is 11.8 Å². The topological polar surface area (TPSA) is 4.93 Å². The van der Waals surface area contributed by atoms with E-state index in [4.69, 9.17) is 0 Å². The molecule has 0 atom stereocenters. The lowest BCUT2D eigenvalue weighted by Gasteiger charge is -2.38. The van der Waals surface area contributed by atoms with Gasteiger partial charge in [-0.3, -0.25) is 0 Å². The van der Waals surface area contributed by atoms with E-state index < -0.39 is 5.41 Å². The number of allylic oxidation sites excluding steroid dienone is 8. The van der Waals surface area contributed by atoms with Crippen LogP contribution >= 0.6 is 0 Å². The summed E-state index contributed by atoms with van der Waals surface area (Å²) in [6, 6.07) is 61.9. The lowest BCUT2D eigenvalue weighted by molar-refractivity contribution is 0.741. The van der Waals surface area contributed by atoms with Crippen LogP contribution < -0.4 is 0 Å². The molecule has 0 bridgehead atoms. The van der Waals surface area contributed by atoms with Crippen LogP contribution in [0.3, 0.4) is 0 Å². The molecule has 0 aliphatic heterocycles. The fraction of sp³-hybridized carbons (Fsp3) is 0.115. The Morgan fingerprint density at radius 1 is 0.581 bits per heavy atom. The maximum absolute atomic E-state index is 4.41. The normalized spacial score (nSPS) is 12.5. The first-order valence-electron chi connectivity index (χ1n) is 22.0. The van der Waals surface area contributed by atoms with Crippen molar-refractivity contribution in [1.29, 1.82) is 0 Å². The predicted octanol–water partition coefficient (Wildman–Crippen LogP) is 16.6. The van der Waals surface area contributed by atoms with E-state index in [0.717, 1.165) is 47.2 Å². The summed E-state index contributed by atoms with van der Waals surface area (Å²) >= 11 is 0. The van der Waals surface area contributed by atoms with Gasteiger partial charge in [-0.05, 0) is 107 Å². The monoisotopic (exact) mass is 801 g/mol. The average molecular weight is 802 g/mol. The molecule has 304 valence electrons. The van der Waals surface area contributed by atoms with Crippen molar-refractivity contribution in [2.24, 2.45) is 0 Å². The van der Waals surface area contributed by atoms with E-state index in [0.29, 0.717) is 0 Å². The highest BCUT2D eigenvalue weighted by molar-refractivity contribution is 6.10. The zero-order valence-electron chi connectivity index (χ0n) is 36.2. The number of aromatic nitrogens is 1. The van der Waals surface area contributed by atoms with Crippen molar-refractivity contribution in [3.63, 3.8) is 0 Å². The Labute approximate surface area is 368 Å². The molecule has 0 aliphatic carbocycles. The number of rotatable bonds is 15. The van der Waals surface area contributed by atoms with Crippen molar-refractivity contribution < 1.29 is 0 Å². The molecule has 0 fully saturated rings. The molecule has 62 heavy (non-hydrogen) atoms. The fourth-order valence-electron chi connectivity index (χ4n) is 9.16. The Kier molecular flexibility index (Phi) is 13.0. The highest BCUT2D eigenvalue weighted by Crippen LogP contribution is 2.47. The van der Waals surface area contributed by atoms with Gasteiger partial charge in [0, 0.05) is 16.3 Å². The smallest absolute Gasteiger partial charge is 0.0698 e. The SMILES string of the molecule is C=Cc1c(-c2ccc(C(C(/C=C\CC)=C/C)(c3ccccc3)c3ccccc3)cc2)ccc(-n2c3ccccc3c3cc(C/C=C\C/C=C/c4ccccc4)ccc32)c1/C=C\C. The van der Waals surface area contributed by atoms with Gasteiger partial charge >= 0.3 is 0 Å². The first-order chi connectivity index (χ1) is 30.6. The van der Waals surface area contributed by atoms with Crippen molar-refractivity contribution >= 4 is 40.0 Å². The van der Waals surface area contributed by atoms with Crippen molar-refractivity contribution in [1.82, 2.24) is 4.57 Å². The molecule has 0 saturated carbocycles. The number of hydrogen-bond donors (Lipinski definition) is 0. The summed E-state index contributed by atoms with van der Waals surface area (Å²) in [5.41, 5.74) is 15.0. The van der Waals surface area contributed by atoms with Crippen LogP contribution in [0.5, 0.6) is 0 Å². The molecule has 7 aromatic carbocycles. The maximum atomic E-state index is 4.41. The molecule has 0 N–H and O–H groups in total. The maximum Gasteiger partial charge on any atom is 0.0698 e. The molecule has 0 amide bonds. The molecule has 1 heterocycles. The molecule has 1 aromatic heterocycles. The Balaban J connectivity index is 1.19. The minimum atomic E-state index is -0.505. The van der Waals surface area contributed by atoms with E-state index in [-0.39, 0.29) is 0 Å². The summed E-state index contributed by atoms with van der Waals surface area (Å²) in [5.74, 6) is 0. The van der Waals surface area contributed by atoms with Crippen LogP contribution in [0.1, 0.15) is 72.6 Å². The molecule has 0 radical (unpaired) electrons. The van der Waals surface area contributed by atoms with Gasteiger partial charge in [0.15, 0.2) is 0 Å². The summed E-state index contributed by atoms with van der Waals surface area (Å²) in [5, 5.41) is 2.51. The summed E-state index contributed by atoms with van der Waals surface area (Å²) in [6.07, 6.45) is 25.0. The Morgan fingerprint density at radius 2 is 1.23 bits per heavy atom. The summed E-state index contributed by atoms with van der Waals surface area (Å²) in [4.78, 5) is 0. The van der Waals surface area contributed by atoms with Gasteiger partial charge < -0.3 is 4.57 Å². The molecule has 8 aromatic rings. The second-order valence-corrected chi connectivity index (χ2v) is 15.7. The molecule has 1 nitrogen and oxygen atoms in total. The van der Waals surface area contributed by atoms with Crippen LogP contribution in [0.2, 0.25) is 0 Å². The Morgan fingerprint density at radius 3 is 1.89 bits per heavy atom. The van der Waals surface area contributed by atoms with Crippen LogP contribution in [0, 0.1) is 0 Å². The van der Waals surface area contributed by atoms with Crippen LogP contribution in [0.4, 0.5) is 0 Å². The van der Waals surface area contributed by atoms with E-state index >= 15 is 0 Å². The number of hydrogen-bond acceptors (Lipinski definition) is 0. The Bertz CT molecular complexity index is 2890. The summed E-state index contributed by atoms with van der Waals surface area (Å²) in [6.45, 7) is 10.9. The van der Waals surface area contributed by atoms with Gasteiger partial charge in [0.05, 0.1) is 22.1 Å². The third-order valence-electron chi connectivity index (χ3n) is 12.0. The van der Waals surface area contributed by atoms with Crippen LogP contribution in [-0.4, -0.2) is 4.57 Å². The molecule has 0 aliphatic rings. The van der Waals surface area contributed by atoms with Crippen LogP contribution in [0.25, 0.3) is 56.8 Å². The third-order valence-corrected chi connectivity index (χ3v) is 12.0. The second-order valence-electron chi connectivity index (χ2n) is 15.7. The standard InChI is InChI=1S/C61H55N/c1-5-9-30-49(7-3)61(50-31-19-13-20-32-50,51-33-21-14-22-34-51)52-40-38-48(39-41-52)54-42-44-59(55(25-6-2)53(54)8-4)62-58-36-24-23-35-56(58)57-45-47(37-43-60(57)62)29-16-11-10-15-26-46-27-17-12-18-28-46/h6-9,11-28,30-45H,4-5,10,29H2,1-3H3/b16-11-,25-6-,26-15+,30-9-,49-7+. The molecular weight excluding hydrogens is 747 g/mol. The minimum Gasteiger partial charge on any atom is -0.309 e. The zero-order chi connectivity index (χ0) is 42.7. The lowest BCUT2D eigenvalue weighted by Crippen LogP contribution is -2.31. The summed E-state index contributed by atoms with van der Waals surface area (Å²) < 4.78 is 2.43. The van der Waals surface area contributed by atoms with Crippen LogP contribution in [0.15, 0.2) is 225 Å². The van der Waals surface area contributed by atoms with Gasteiger partial charge in [0.2, 0.25) is 0 Å². The third kappa shape index (κ3) is 8.15. The number of benzene rings is 7. The van der Waals surface area contributed by atoms with E-state index in [2.05, 4.69) is 256 Å². The highest BCUT2D eigenvalue weighted by Gasteiger charge is 2.38. The highest BCUT2D eigenvalue weighted by atomic mass is 15.0. The molecule has 0 saturated heterocycles. The predicted molar refractivity (Wildman–Crippen MR) is 270 cm³/mol. The van der Waals surface area contributed by atoms with E-state index in [1.807, 2.05) is 6.08 Å². The second kappa shape index (κ2) is 19.4. The van der Waals surface area contributed by atoms with Gasteiger partial charge in [0.1, 0.15) is 0 Å². The largest absolute Gasteiger partial charge is 0.309 e. The molecule has 1 heteroatoms. The first kappa shape index (κ1) is 41.5. The van der Waals surface area contributed by atoms with E-state index in [1.165, 1.54) is 55.2 Å². The van der Waals surface area contributed by atoms with Gasteiger partial charge in [-0.2, -0.15) is 0 Å². The van der Waals surface area contributed by atoms with Crippen molar-refractivity contribution in [3.05, 3.63) is 263 Å². The van der Waals surface area contributed by atoms with E-state index in [9.17, 15) is 0 Å². The fourth-order valence-corrected chi connectivity index (χ4v) is 9.16. The first-order valence-corrected chi connectivity index (χ1v) is 22.0. The Hall–Kier alpha value is -7.22.